The fourth-order valence-corrected chi connectivity index (χ4v) is 2.65. The Kier molecular flexibility index (Phi) is 5.68. The van der Waals surface area contributed by atoms with Crippen LogP contribution in [0.5, 0.6) is 0 Å². The molecule has 0 radical (unpaired) electrons. The van der Waals surface area contributed by atoms with Gasteiger partial charge in [0.1, 0.15) is 0 Å². The Morgan fingerprint density at radius 1 is 1.42 bits per heavy atom. The van der Waals surface area contributed by atoms with Gasteiger partial charge in [-0.15, -0.1) is 0 Å². The molecule has 1 heterocycles. The molecule has 0 saturated carbocycles. The number of aromatic nitrogens is 2. The maximum atomic E-state index is 11.5. The molecule has 0 unspecified atom stereocenters. The van der Waals surface area contributed by atoms with Crippen molar-refractivity contribution in [3.8, 4) is 0 Å². The fourth-order valence-electron chi connectivity index (χ4n) is 1.53. The van der Waals surface area contributed by atoms with Crippen LogP contribution in [0.15, 0.2) is 12.3 Å². The number of sulfone groups is 1. The van der Waals surface area contributed by atoms with E-state index < -0.39 is 9.84 Å². The van der Waals surface area contributed by atoms with Gasteiger partial charge in [0, 0.05) is 38.6 Å². The van der Waals surface area contributed by atoms with Crippen molar-refractivity contribution in [3.63, 3.8) is 0 Å². The summed E-state index contributed by atoms with van der Waals surface area (Å²) in [6.45, 7) is 4.06. The van der Waals surface area contributed by atoms with E-state index in [4.69, 9.17) is 0 Å². The Morgan fingerprint density at radius 3 is 2.68 bits per heavy atom. The number of rotatable bonds is 7. The normalized spacial score (nSPS) is 13.3. The van der Waals surface area contributed by atoms with Crippen LogP contribution in [0.4, 0.5) is 5.95 Å². The summed E-state index contributed by atoms with van der Waals surface area (Å²) in [4.78, 5) is 10.3. The van der Waals surface area contributed by atoms with Gasteiger partial charge in [-0.05, 0) is 13.0 Å². The summed E-state index contributed by atoms with van der Waals surface area (Å²) in [7, 11) is 0.808. The number of hydrogen-bond donors (Lipinski definition) is 1. The lowest BCUT2D eigenvalue weighted by atomic mass is 10.3. The second-order valence-electron chi connectivity index (χ2n) is 4.72. The van der Waals surface area contributed by atoms with Crippen LogP contribution in [0.2, 0.25) is 0 Å². The topological polar surface area (TPSA) is 75.2 Å². The summed E-state index contributed by atoms with van der Waals surface area (Å²) in [5.41, 5.74) is 0.847. The fraction of sp³-hybridized carbons (Fsp3) is 0.667. The Bertz CT molecular complexity index is 502. The molecule has 0 aliphatic rings. The third-order valence-corrected chi connectivity index (χ3v) is 4.56. The molecule has 0 aromatic carbocycles. The van der Waals surface area contributed by atoms with Crippen molar-refractivity contribution in [2.24, 2.45) is 0 Å². The lowest BCUT2D eigenvalue weighted by Gasteiger charge is -2.14. The maximum Gasteiger partial charge on any atom is 0.225 e. The van der Waals surface area contributed by atoms with Crippen molar-refractivity contribution in [2.45, 2.75) is 26.4 Å². The van der Waals surface area contributed by atoms with Crippen molar-refractivity contribution in [3.05, 3.63) is 18.0 Å². The molecule has 0 bridgehead atoms. The molecule has 1 rings (SSSR count). The summed E-state index contributed by atoms with van der Waals surface area (Å²) in [6.07, 6.45) is 1.70. The van der Waals surface area contributed by atoms with Crippen molar-refractivity contribution < 1.29 is 8.42 Å². The minimum Gasteiger partial charge on any atom is -0.347 e. The van der Waals surface area contributed by atoms with Gasteiger partial charge in [0.25, 0.3) is 0 Å². The zero-order valence-electron chi connectivity index (χ0n) is 11.9. The Balaban J connectivity index is 2.55. The molecule has 1 aromatic heterocycles. The summed E-state index contributed by atoms with van der Waals surface area (Å²) < 4.78 is 23.0. The molecule has 19 heavy (non-hydrogen) atoms. The van der Waals surface area contributed by atoms with E-state index in [1.165, 1.54) is 0 Å². The Labute approximate surface area is 115 Å². The number of nitrogens with one attached hydrogen (secondary N) is 1. The highest BCUT2D eigenvalue weighted by Gasteiger charge is 2.13. The van der Waals surface area contributed by atoms with Gasteiger partial charge in [0.15, 0.2) is 9.84 Å². The number of hydrogen-bond acceptors (Lipinski definition) is 6. The smallest absolute Gasteiger partial charge is 0.225 e. The quantitative estimate of drug-likeness (QED) is 0.784. The largest absolute Gasteiger partial charge is 0.347 e. The average Bonchev–Trinajstić information content (AvgIpc) is 2.36. The molecule has 0 saturated heterocycles. The standard InChI is InChI=1S/C12H22N4O2S/c1-5-19(17,18)9-10(2)14-8-11-6-7-13-12(15-11)16(3)4/h6-7,10,14H,5,8-9H2,1-4H3/t10-/m1/s1. The molecule has 6 nitrogen and oxygen atoms in total. The predicted octanol–water partition coefficient (Wildman–Crippen LogP) is 0.455. The van der Waals surface area contributed by atoms with Crippen LogP contribution in [0.25, 0.3) is 0 Å². The van der Waals surface area contributed by atoms with Gasteiger partial charge in [0.05, 0.1) is 11.4 Å². The van der Waals surface area contributed by atoms with E-state index in [0.717, 1.165) is 5.69 Å². The molecular weight excluding hydrogens is 264 g/mol. The number of nitrogens with zero attached hydrogens (tertiary/aromatic N) is 3. The Hall–Kier alpha value is -1.21. The van der Waals surface area contributed by atoms with Crippen molar-refractivity contribution in [1.82, 2.24) is 15.3 Å². The minimum absolute atomic E-state index is 0.0947. The molecule has 1 N–H and O–H groups in total. The first-order chi connectivity index (χ1) is 8.84. The lowest BCUT2D eigenvalue weighted by molar-refractivity contribution is 0.553. The van der Waals surface area contributed by atoms with Gasteiger partial charge in [-0.1, -0.05) is 6.92 Å². The van der Waals surface area contributed by atoms with Crippen LogP contribution in [-0.4, -0.2) is 50.0 Å². The first kappa shape index (κ1) is 15.8. The van der Waals surface area contributed by atoms with E-state index in [2.05, 4.69) is 15.3 Å². The molecule has 7 heteroatoms. The van der Waals surface area contributed by atoms with Crippen LogP contribution < -0.4 is 10.2 Å². The molecule has 0 aliphatic heterocycles. The summed E-state index contributed by atoms with van der Waals surface area (Å²) >= 11 is 0. The van der Waals surface area contributed by atoms with E-state index in [0.29, 0.717) is 12.5 Å². The van der Waals surface area contributed by atoms with Crippen LogP contribution in [0, 0.1) is 0 Å². The monoisotopic (exact) mass is 286 g/mol. The molecule has 0 fully saturated rings. The highest BCUT2D eigenvalue weighted by molar-refractivity contribution is 7.91. The molecule has 0 spiro atoms. The van der Waals surface area contributed by atoms with Crippen molar-refractivity contribution in [2.75, 3.05) is 30.5 Å². The van der Waals surface area contributed by atoms with Gasteiger partial charge in [0.2, 0.25) is 5.95 Å². The van der Waals surface area contributed by atoms with Crippen molar-refractivity contribution >= 4 is 15.8 Å². The van der Waals surface area contributed by atoms with E-state index in [1.807, 2.05) is 32.0 Å². The first-order valence-electron chi connectivity index (χ1n) is 6.27. The summed E-state index contributed by atoms with van der Waals surface area (Å²) in [6, 6.07) is 1.73. The second kappa shape index (κ2) is 6.81. The average molecular weight is 286 g/mol. The number of anilines is 1. The van der Waals surface area contributed by atoms with Crippen LogP contribution in [0.3, 0.4) is 0 Å². The van der Waals surface area contributed by atoms with Gasteiger partial charge in [-0.2, -0.15) is 0 Å². The third-order valence-electron chi connectivity index (χ3n) is 2.68. The SMILES string of the molecule is CCS(=O)(=O)C[C@@H](C)NCc1ccnc(N(C)C)n1. The maximum absolute atomic E-state index is 11.5. The van der Waals surface area contributed by atoms with E-state index >= 15 is 0 Å². The minimum atomic E-state index is -2.95. The third kappa shape index (κ3) is 5.52. The summed E-state index contributed by atoms with van der Waals surface area (Å²) in [5.74, 6) is 0.972. The van der Waals surface area contributed by atoms with Gasteiger partial charge >= 0.3 is 0 Å². The predicted molar refractivity (Wildman–Crippen MR) is 77.0 cm³/mol. The second-order valence-corrected chi connectivity index (χ2v) is 7.12. The lowest BCUT2D eigenvalue weighted by Crippen LogP contribution is -2.33. The summed E-state index contributed by atoms with van der Waals surface area (Å²) in [5, 5.41) is 3.17. The van der Waals surface area contributed by atoms with Crippen molar-refractivity contribution in [1.29, 1.82) is 0 Å². The van der Waals surface area contributed by atoms with Gasteiger partial charge in [-0.25, -0.2) is 18.4 Å². The van der Waals surface area contributed by atoms with Gasteiger partial charge in [-0.3, -0.25) is 0 Å². The molecule has 1 aromatic rings. The van der Waals surface area contributed by atoms with E-state index in [-0.39, 0.29) is 17.5 Å². The molecule has 0 aliphatic carbocycles. The molecular formula is C12H22N4O2S. The van der Waals surface area contributed by atoms with Crippen LogP contribution >= 0.6 is 0 Å². The van der Waals surface area contributed by atoms with E-state index in [1.54, 1.807) is 13.1 Å². The zero-order valence-corrected chi connectivity index (χ0v) is 12.7. The Morgan fingerprint density at radius 2 is 2.11 bits per heavy atom. The molecule has 1 atom stereocenters. The highest BCUT2D eigenvalue weighted by atomic mass is 32.2. The van der Waals surface area contributed by atoms with Crippen LogP contribution in [-0.2, 0) is 16.4 Å². The zero-order chi connectivity index (χ0) is 14.5. The molecule has 0 amide bonds. The van der Waals surface area contributed by atoms with Gasteiger partial charge < -0.3 is 10.2 Å². The highest BCUT2D eigenvalue weighted by Crippen LogP contribution is 2.04. The first-order valence-corrected chi connectivity index (χ1v) is 8.09. The molecule has 108 valence electrons. The van der Waals surface area contributed by atoms with E-state index in [9.17, 15) is 8.42 Å². The van der Waals surface area contributed by atoms with Crippen LogP contribution in [0.1, 0.15) is 19.5 Å².